The van der Waals surface area contributed by atoms with Gasteiger partial charge < -0.3 is 0 Å². The first-order valence-electron chi connectivity index (χ1n) is 5.16. The van der Waals surface area contributed by atoms with E-state index >= 15 is 0 Å². The van der Waals surface area contributed by atoms with E-state index in [0.717, 1.165) is 0 Å². The van der Waals surface area contributed by atoms with Gasteiger partial charge in [-0.05, 0) is 10.8 Å². The van der Waals surface area contributed by atoms with Crippen LogP contribution in [0.4, 0.5) is 61.5 Å². The standard InChI is InChI=1S/C8H2F14S2/c9-2(10,11)1-23-24-8(22)6(18,19)4(14,15)3(12,13)5(16,17)7(8,20)21/h1H2. The average Bonchev–Trinajstić information content (AvgIpc) is 2.34. The third-order valence-corrected chi connectivity index (χ3v) is 5.48. The minimum absolute atomic E-state index is 1.28. The van der Waals surface area contributed by atoms with Crippen molar-refractivity contribution < 1.29 is 61.5 Å². The highest BCUT2D eigenvalue weighted by Gasteiger charge is 3.01. The van der Waals surface area contributed by atoms with Gasteiger partial charge in [-0.15, -0.1) is 0 Å². The van der Waals surface area contributed by atoms with Gasteiger partial charge in [-0.2, -0.15) is 57.1 Å². The molecule has 0 bridgehead atoms. The molecule has 16 heteroatoms. The fourth-order valence-electron chi connectivity index (χ4n) is 1.47. The van der Waals surface area contributed by atoms with Crippen molar-refractivity contribution in [2.45, 2.75) is 40.8 Å². The first kappa shape index (κ1) is 21.8. The molecule has 0 aromatic heterocycles. The maximum atomic E-state index is 13.8. The third kappa shape index (κ3) is 2.45. The molecule has 1 fully saturated rings. The zero-order chi connectivity index (χ0) is 19.6. The summed E-state index contributed by atoms with van der Waals surface area (Å²) in [7, 11) is -3.30. The number of rotatable bonds is 3. The van der Waals surface area contributed by atoms with Crippen LogP contribution in [0, 0.1) is 0 Å². The quantitative estimate of drug-likeness (QED) is 0.413. The molecule has 0 spiro atoms. The summed E-state index contributed by atoms with van der Waals surface area (Å²) < 4.78 is 180. The van der Waals surface area contributed by atoms with E-state index in [1.807, 2.05) is 0 Å². The van der Waals surface area contributed by atoms with Crippen LogP contribution in [0.1, 0.15) is 0 Å². The van der Waals surface area contributed by atoms with E-state index in [-0.39, 0.29) is 0 Å². The van der Waals surface area contributed by atoms with Crippen LogP contribution < -0.4 is 0 Å². The van der Waals surface area contributed by atoms with Gasteiger partial charge in [0.2, 0.25) is 0 Å². The first-order valence-corrected chi connectivity index (χ1v) is 7.48. The Morgan fingerprint density at radius 2 is 0.833 bits per heavy atom. The zero-order valence-electron chi connectivity index (χ0n) is 10.3. The van der Waals surface area contributed by atoms with Crippen LogP contribution >= 0.6 is 21.6 Å². The highest BCUT2D eigenvalue weighted by Crippen LogP contribution is 2.73. The third-order valence-electron chi connectivity index (χ3n) is 2.78. The van der Waals surface area contributed by atoms with Crippen molar-refractivity contribution in [3.8, 4) is 0 Å². The summed E-state index contributed by atoms with van der Waals surface area (Å²) in [6, 6.07) is 0. The van der Waals surface area contributed by atoms with Gasteiger partial charge in [-0.3, -0.25) is 0 Å². The molecule has 144 valence electrons. The molecular formula is C8H2F14S2. The summed E-state index contributed by atoms with van der Waals surface area (Å²) >= 11 is 0. The van der Waals surface area contributed by atoms with Crippen LogP contribution in [0.5, 0.6) is 0 Å². The molecule has 0 aromatic carbocycles. The molecule has 1 aliphatic rings. The molecule has 1 saturated carbocycles. The topological polar surface area (TPSA) is 0 Å². The smallest absolute Gasteiger partial charge is 0.217 e. The average molecular weight is 428 g/mol. The molecule has 0 radical (unpaired) electrons. The van der Waals surface area contributed by atoms with E-state index < -0.39 is 68.1 Å². The fourth-order valence-corrected chi connectivity index (χ4v) is 3.99. The van der Waals surface area contributed by atoms with Crippen molar-refractivity contribution in [2.75, 3.05) is 5.75 Å². The van der Waals surface area contributed by atoms with Crippen molar-refractivity contribution in [1.82, 2.24) is 0 Å². The molecule has 0 N–H and O–H groups in total. The Bertz CT molecular complexity index is 463. The van der Waals surface area contributed by atoms with E-state index in [0.29, 0.717) is 0 Å². The molecule has 0 heterocycles. The predicted molar refractivity (Wildman–Crippen MR) is 54.7 cm³/mol. The van der Waals surface area contributed by atoms with Crippen LogP contribution in [0.15, 0.2) is 0 Å². The second-order valence-electron chi connectivity index (χ2n) is 4.43. The highest BCUT2D eigenvalue weighted by molar-refractivity contribution is 8.77. The Labute approximate surface area is 130 Å². The lowest BCUT2D eigenvalue weighted by molar-refractivity contribution is -0.468. The van der Waals surface area contributed by atoms with Crippen molar-refractivity contribution in [1.29, 1.82) is 0 Å². The van der Waals surface area contributed by atoms with Crippen LogP contribution in [0.3, 0.4) is 0 Å². The van der Waals surface area contributed by atoms with Crippen LogP contribution in [0.25, 0.3) is 0 Å². The number of halogens is 14. The van der Waals surface area contributed by atoms with Gasteiger partial charge >= 0.3 is 40.8 Å². The lowest BCUT2D eigenvalue weighted by Crippen LogP contribution is -2.82. The van der Waals surface area contributed by atoms with Gasteiger partial charge in [-0.1, -0.05) is 10.8 Å². The lowest BCUT2D eigenvalue weighted by Gasteiger charge is -2.51. The zero-order valence-corrected chi connectivity index (χ0v) is 11.9. The van der Waals surface area contributed by atoms with E-state index in [4.69, 9.17) is 0 Å². The van der Waals surface area contributed by atoms with Crippen LogP contribution in [-0.4, -0.2) is 46.5 Å². The molecule has 24 heavy (non-hydrogen) atoms. The molecular weight excluding hydrogens is 426 g/mol. The SMILES string of the molecule is FC(F)(F)CSSC1(F)C(F)(F)C(F)(F)C(F)(F)C(F)(F)C1(F)F. The summed E-state index contributed by atoms with van der Waals surface area (Å²) in [5.41, 5.74) is 0. The van der Waals surface area contributed by atoms with Gasteiger partial charge in [0.15, 0.2) is 0 Å². The summed E-state index contributed by atoms with van der Waals surface area (Å²) in [6.45, 7) is 0. The number of hydrogen-bond acceptors (Lipinski definition) is 2. The molecule has 0 saturated heterocycles. The number of hydrogen-bond donors (Lipinski definition) is 0. The van der Waals surface area contributed by atoms with Crippen molar-refractivity contribution in [2.24, 2.45) is 0 Å². The molecule has 0 atom stereocenters. The lowest BCUT2D eigenvalue weighted by atomic mass is 9.81. The molecule has 0 unspecified atom stereocenters. The number of alkyl halides is 14. The second kappa shape index (κ2) is 5.36. The Morgan fingerprint density at radius 1 is 0.542 bits per heavy atom. The maximum absolute atomic E-state index is 13.8. The fraction of sp³-hybridized carbons (Fsp3) is 1.00. The first-order chi connectivity index (χ1) is 10.2. The van der Waals surface area contributed by atoms with Gasteiger partial charge in [-0.25, -0.2) is 4.39 Å². The Kier molecular flexibility index (Phi) is 4.86. The minimum Gasteiger partial charge on any atom is -0.217 e. The van der Waals surface area contributed by atoms with Gasteiger partial charge in [0.25, 0.3) is 0 Å². The summed E-state index contributed by atoms with van der Waals surface area (Å²) in [5.74, 6) is -38.6. The molecule has 1 rings (SSSR count). The normalized spacial score (nSPS) is 29.2. The summed E-state index contributed by atoms with van der Waals surface area (Å²) in [5, 5.41) is -6.45. The Balaban J connectivity index is 3.46. The van der Waals surface area contributed by atoms with E-state index in [1.54, 1.807) is 0 Å². The van der Waals surface area contributed by atoms with E-state index in [1.165, 1.54) is 0 Å². The van der Waals surface area contributed by atoms with Crippen molar-refractivity contribution in [3.63, 3.8) is 0 Å². The molecule has 1 aliphatic carbocycles. The monoisotopic (exact) mass is 428 g/mol. The van der Waals surface area contributed by atoms with Gasteiger partial charge in [0.1, 0.15) is 0 Å². The maximum Gasteiger partial charge on any atom is 0.398 e. The Hall–Kier alpha value is -0.280. The molecule has 0 aromatic rings. The largest absolute Gasteiger partial charge is 0.398 e. The summed E-state index contributed by atoms with van der Waals surface area (Å²) in [4.78, 5) is 0. The second-order valence-corrected chi connectivity index (χ2v) is 6.89. The van der Waals surface area contributed by atoms with E-state index in [9.17, 15) is 61.5 Å². The van der Waals surface area contributed by atoms with Crippen molar-refractivity contribution in [3.05, 3.63) is 0 Å². The molecule has 0 nitrogen and oxygen atoms in total. The predicted octanol–water partition coefficient (Wildman–Crippen LogP) is 5.79. The van der Waals surface area contributed by atoms with Crippen LogP contribution in [0.2, 0.25) is 0 Å². The Morgan fingerprint density at radius 3 is 1.12 bits per heavy atom. The molecule has 0 amide bonds. The molecule has 0 aliphatic heterocycles. The van der Waals surface area contributed by atoms with Gasteiger partial charge in [0.05, 0.1) is 5.75 Å². The minimum atomic E-state index is -7.38. The summed E-state index contributed by atoms with van der Waals surface area (Å²) in [6.07, 6.45) is -5.30. The van der Waals surface area contributed by atoms with Gasteiger partial charge in [0, 0.05) is 0 Å². The highest BCUT2D eigenvalue weighted by atomic mass is 33.1. The van der Waals surface area contributed by atoms with Crippen LogP contribution in [-0.2, 0) is 0 Å². The van der Waals surface area contributed by atoms with E-state index in [2.05, 4.69) is 0 Å². The van der Waals surface area contributed by atoms with Crippen molar-refractivity contribution >= 4 is 21.6 Å².